The number of hydrogen-bond acceptors (Lipinski definition) is 4. The molecule has 0 radical (unpaired) electrons. The third-order valence-electron chi connectivity index (χ3n) is 4.64. The van der Waals surface area contributed by atoms with Crippen LogP contribution in [0.25, 0.3) is 33.1 Å². The van der Waals surface area contributed by atoms with E-state index in [2.05, 4.69) is 43.5 Å². The number of nitrogens with one attached hydrogen (secondary N) is 2. The SMILES string of the molecule is Clc1nc(NCc2nc3ccccc3[nH]2)c2c(-c3ccccc3)cccc2n1. The maximum atomic E-state index is 6.18. The van der Waals surface area contributed by atoms with E-state index in [1.165, 1.54) is 0 Å². The molecule has 5 nitrogen and oxygen atoms in total. The highest BCUT2D eigenvalue weighted by Gasteiger charge is 2.13. The van der Waals surface area contributed by atoms with Gasteiger partial charge < -0.3 is 10.3 Å². The molecule has 28 heavy (non-hydrogen) atoms. The van der Waals surface area contributed by atoms with E-state index in [9.17, 15) is 0 Å². The first-order valence-corrected chi connectivity index (χ1v) is 9.35. The molecule has 0 aliphatic carbocycles. The molecule has 2 N–H and O–H groups in total. The summed E-state index contributed by atoms with van der Waals surface area (Å²) in [6, 6.07) is 24.2. The molecule has 5 aromatic rings. The molecule has 0 saturated heterocycles. The van der Waals surface area contributed by atoms with Gasteiger partial charge in [-0.1, -0.05) is 54.6 Å². The van der Waals surface area contributed by atoms with E-state index in [0.717, 1.165) is 38.9 Å². The van der Waals surface area contributed by atoms with Gasteiger partial charge in [0, 0.05) is 0 Å². The molecule has 2 heterocycles. The van der Waals surface area contributed by atoms with Crippen molar-refractivity contribution in [3.63, 3.8) is 0 Å². The molecule has 136 valence electrons. The lowest BCUT2D eigenvalue weighted by molar-refractivity contribution is 0.998. The first kappa shape index (κ1) is 16.7. The minimum atomic E-state index is 0.213. The summed E-state index contributed by atoms with van der Waals surface area (Å²) in [4.78, 5) is 16.8. The topological polar surface area (TPSA) is 66.5 Å². The molecule has 0 atom stereocenters. The predicted molar refractivity (Wildman–Crippen MR) is 113 cm³/mol. The van der Waals surface area contributed by atoms with Crippen LogP contribution in [0.2, 0.25) is 5.28 Å². The average molecular weight is 386 g/mol. The van der Waals surface area contributed by atoms with Crippen LogP contribution in [0.5, 0.6) is 0 Å². The van der Waals surface area contributed by atoms with Gasteiger partial charge in [0.1, 0.15) is 11.6 Å². The number of aromatic nitrogens is 4. The van der Waals surface area contributed by atoms with E-state index in [-0.39, 0.29) is 5.28 Å². The van der Waals surface area contributed by atoms with Crippen LogP contribution in [-0.4, -0.2) is 19.9 Å². The molecule has 0 aliphatic rings. The molecule has 0 fully saturated rings. The van der Waals surface area contributed by atoms with E-state index in [0.29, 0.717) is 12.4 Å². The fraction of sp³-hybridized carbons (Fsp3) is 0.0455. The number of aromatic amines is 1. The van der Waals surface area contributed by atoms with Crippen LogP contribution >= 0.6 is 11.6 Å². The fourth-order valence-electron chi connectivity index (χ4n) is 3.40. The molecule has 0 amide bonds. The number of benzene rings is 3. The van der Waals surface area contributed by atoms with E-state index in [1.807, 2.05) is 54.6 Å². The van der Waals surface area contributed by atoms with Gasteiger partial charge in [-0.25, -0.2) is 15.0 Å². The third kappa shape index (κ3) is 3.06. The minimum absolute atomic E-state index is 0.213. The van der Waals surface area contributed by atoms with Crippen molar-refractivity contribution in [3.8, 4) is 11.1 Å². The molecule has 5 rings (SSSR count). The van der Waals surface area contributed by atoms with Crippen molar-refractivity contribution in [2.45, 2.75) is 6.54 Å². The van der Waals surface area contributed by atoms with E-state index in [4.69, 9.17) is 11.6 Å². The molecule has 0 unspecified atom stereocenters. The minimum Gasteiger partial charge on any atom is -0.362 e. The van der Waals surface area contributed by atoms with Gasteiger partial charge in [0.2, 0.25) is 5.28 Å². The molecule has 0 spiro atoms. The predicted octanol–water partition coefficient (Wildman–Crippen LogP) is 5.44. The zero-order valence-corrected chi connectivity index (χ0v) is 15.6. The Hall–Kier alpha value is -3.44. The Morgan fingerprint density at radius 3 is 2.43 bits per heavy atom. The highest BCUT2D eigenvalue weighted by atomic mass is 35.5. The van der Waals surface area contributed by atoms with Crippen LogP contribution in [-0.2, 0) is 6.54 Å². The second-order valence-corrected chi connectivity index (χ2v) is 6.80. The van der Waals surface area contributed by atoms with Crippen molar-refractivity contribution in [1.82, 2.24) is 19.9 Å². The second kappa shape index (κ2) is 6.94. The number of fused-ring (bicyclic) bond motifs is 2. The highest BCUT2D eigenvalue weighted by molar-refractivity contribution is 6.29. The monoisotopic (exact) mass is 385 g/mol. The average Bonchev–Trinajstić information content (AvgIpc) is 3.15. The van der Waals surface area contributed by atoms with Crippen LogP contribution < -0.4 is 5.32 Å². The largest absolute Gasteiger partial charge is 0.362 e. The lowest BCUT2D eigenvalue weighted by Crippen LogP contribution is -2.05. The summed E-state index contributed by atoms with van der Waals surface area (Å²) in [6.45, 7) is 0.500. The maximum Gasteiger partial charge on any atom is 0.224 e. The summed E-state index contributed by atoms with van der Waals surface area (Å²) in [7, 11) is 0. The number of H-pyrrole nitrogens is 1. The number of hydrogen-bond donors (Lipinski definition) is 2. The Labute approximate surface area is 166 Å². The van der Waals surface area contributed by atoms with Gasteiger partial charge in [-0.3, -0.25) is 0 Å². The van der Waals surface area contributed by atoms with Crippen molar-refractivity contribution in [2.75, 3.05) is 5.32 Å². The number of para-hydroxylation sites is 2. The van der Waals surface area contributed by atoms with Gasteiger partial charge in [0.15, 0.2) is 0 Å². The second-order valence-electron chi connectivity index (χ2n) is 6.46. The van der Waals surface area contributed by atoms with Crippen LogP contribution in [0.1, 0.15) is 5.82 Å². The third-order valence-corrected chi connectivity index (χ3v) is 4.81. The Balaban J connectivity index is 1.58. The van der Waals surface area contributed by atoms with Crippen molar-refractivity contribution in [1.29, 1.82) is 0 Å². The van der Waals surface area contributed by atoms with Gasteiger partial charge >= 0.3 is 0 Å². The standard InChI is InChI=1S/C22H16ClN5/c23-22-27-18-12-6-9-15(14-7-2-1-3-8-14)20(18)21(28-22)24-13-19-25-16-10-4-5-11-17(16)26-19/h1-12H,13H2,(H,25,26)(H,24,27,28). The molecule has 6 heteroatoms. The Morgan fingerprint density at radius 1 is 0.786 bits per heavy atom. The summed E-state index contributed by atoms with van der Waals surface area (Å²) in [5.41, 5.74) is 4.91. The van der Waals surface area contributed by atoms with Gasteiger partial charge in [-0.05, 0) is 40.9 Å². The highest BCUT2D eigenvalue weighted by Crippen LogP contribution is 2.33. The molecular weight excluding hydrogens is 370 g/mol. The first-order chi connectivity index (χ1) is 13.8. The Kier molecular flexibility index (Phi) is 4.14. The summed E-state index contributed by atoms with van der Waals surface area (Å²) in [6.07, 6.45) is 0. The van der Waals surface area contributed by atoms with Crippen molar-refractivity contribution in [2.24, 2.45) is 0 Å². The van der Waals surface area contributed by atoms with Crippen LogP contribution in [0.15, 0.2) is 72.8 Å². The van der Waals surface area contributed by atoms with E-state index in [1.54, 1.807) is 0 Å². The number of rotatable bonds is 4. The first-order valence-electron chi connectivity index (χ1n) is 8.97. The Morgan fingerprint density at radius 2 is 1.57 bits per heavy atom. The van der Waals surface area contributed by atoms with E-state index < -0.39 is 0 Å². The van der Waals surface area contributed by atoms with Crippen LogP contribution in [0, 0.1) is 0 Å². The smallest absolute Gasteiger partial charge is 0.224 e. The number of halogens is 1. The zero-order chi connectivity index (χ0) is 18.9. The lowest BCUT2D eigenvalue weighted by Gasteiger charge is -2.12. The summed E-state index contributed by atoms with van der Waals surface area (Å²) in [5.74, 6) is 1.52. The van der Waals surface area contributed by atoms with E-state index >= 15 is 0 Å². The van der Waals surface area contributed by atoms with Gasteiger partial charge in [0.25, 0.3) is 0 Å². The lowest BCUT2D eigenvalue weighted by atomic mass is 10.0. The van der Waals surface area contributed by atoms with Gasteiger partial charge in [-0.2, -0.15) is 0 Å². The molecule has 0 bridgehead atoms. The normalized spacial score (nSPS) is 11.2. The maximum absolute atomic E-state index is 6.18. The van der Waals surface area contributed by atoms with Crippen LogP contribution in [0.4, 0.5) is 5.82 Å². The molecule has 2 aromatic heterocycles. The summed E-state index contributed by atoms with van der Waals surface area (Å²) in [5, 5.41) is 4.54. The molecule has 0 saturated carbocycles. The fourth-order valence-corrected chi connectivity index (χ4v) is 3.57. The summed E-state index contributed by atoms with van der Waals surface area (Å²) < 4.78 is 0. The van der Waals surface area contributed by atoms with Crippen LogP contribution in [0.3, 0.4) is 0 Å². The quantitative estimate of drug-likeness (QED) is 0.404. The number of nitrogens with zero attached hydrogens (tertiary/aromatic N) is 3. The zero-order valence-electron chi connectivity index (χ0n) is 14.9. The van der Waals surface area contributed by atoms with Gasteiger partial charge in [-0.15, -0.1) is 0 Å². The molecule has 3 aromatic carbocycles. The van der Waals surface area contributed by atoms with Gasteiger partial charge in [0.05, 0.1) is 28.5 Å². The number of anilines is 1. The van der Waals surface area contributed by atoms with Crippen molar-refractivity contribution in [3.05, 3.63) is 83.9 Å². The Bertz CT molecular complexity index is 1250. The molecule has 0 aliphatic heterocycles. The number of imidazole rings is 1. The molecular formula is C22H16ClN5. The van der Waals surface area contributed by atoms with Crippen molar-refractivity contribution < 1.29 is 0 Å². The summed E-state index contributed by atoms with van der Waals surface area (Å²) >= 11 is 6.18. The van der Waals surface area contributed by atoms with Crippen molar-refractivity contribution >= 4 is 39.4 Å².